The lowest BCUT2D eigenvalue weighted by atomic mass is 10.0. The summed E-state index contributed by atoms with van der Waals surface area (Å²) in [5, 5.41) is 1.76. The van der Waals surface area contributed by atoms with Gasteiger partial charge in [-0.05, 0) is 11.4 Å². The van der Waals surface area contributed by atoms with E-state index in [4.69, 9.17) is 4.74 Å². The second-order valence-corrected chi connectivity index (χ2v) is 8.35. The Morgan fingerprint density at radius 3 is 2.62 bits per heavy atom. The molecule has 1 aromatic heterocycles. The van der Waals surface area contributed by atoms with Crippen molar-refractivity contribution in [3.8, 4) is 0 Å². The van der Waals surface area contributed by atoms with E-state index in [1.165, 1.54) is 22.6 Å². The number of carbonyl (C=O) groups excluding carboxylic acids is 1. The number of hydrogen-bond acceptors (Lipinski definition) is 5. The standard InChI is InChI=1S/C13H18N2O4S2/c1-11(16)14-6-4-13(5-7-14)15(8-9-19-13)21(17,18)12-3-2-10-20-12/h2-3,10H,4-9H2,1H3. The molecule has 2 saturated heterocycles. The molecule has 0 atom stereocenters. The van der Waals surface area contributed by atoms with E-state index in [1.807, 2.05) is 0 Å². The van der Waals surface area contributed by atoms with Crippen molar-refractivity contribution >= 4 is 27.3 Å². The summed E-state index contributed by atoms with van der Waals surface area (Å²) < 4.78 is 33.2. The Morgan fingerprint density at radius 2 is 2.05 bits per heavy atom. The average molecular weight is 330 g/mol. The lowest BCUT2D eigenvalue weighted by Crippen LogP contribution is -2.55. The molecule has 3 heterocycles. The first-order valence-corrected chi connectivity index (χ1v) is 9.23. The van der Waals surface area contributed by atoms with Crippen molar-refractivity contribution in [2.24, 2.45) is 0 Å². The van der Waals surface area contributed by atoms with Crippen molar-refractivity contribution < 1.29 is 17.9 Å². The monoisotopic (exact) mass is 330 g/mol. The molecule has 0 radical (unpaired) electrons. The topological polar surface area (TPSA) is 66.9 Å². The Balaban J connectivity index is 1.85. The Kier molecular flexibility index (Phi) is 3.81. The van der Waals surface area contributed by atoms with Crippen LogP contribution < -0.4 is 0 Å². The minimum Gasteiger partial charge on any atom is -0.358 e. The number of thiophene rings is 1. The number of sulfonamides is 1. The zero-order chi connectivity index (χ0) is 15.1. The summed E-state index contributed by atoms with van der Waals surface area (Å²) in [5.41, 5.74) is -0.783. The third-order valence-corrected chi connectivity index (χ3v) is 7.47. The molecule has 2 fully saturated rings. The van der Waals surface area contributed by atoms with Gasteiger partial charge in [-0.25, -0.2) is 8.42 Å². The smallest absolute Gasteiger partial charge is 0.255 e. The predicted molar refractivity (Wildman–Crippen MR) is 78.4 cm³/mol. The van der Waals surface area contributed by atoms with Crippen LogP contribution in [-0.2, 0) is 19.6 Å². The van der Waals surface area contributed by atoms with Gasteiger partial charge in [-0.1, -0.05) is 6.07 Å². The predicted octanol–water partition coefficient (Wildman–Crippen LogP) is 1.11. The van der Waals surface area contributed by atoms with Gasteiger partial charge in [0.05, 0.1) is 6.61 Å². The second kappa shape index (κ2) is 5.35. The molecule has 2 aliphatic heterocycles. The molecule has 116 valence electrons. The van der Waals surface area contributed by atoms with E-state index >= 15 is 0 Å². The number of likely N-dealkylation sites (tertiary alicyclic amines) is 1. The summed E-state index contributed by atoms with van der Waals surface area (Å²) in [5.74, 6) is 0.0236. The minimum atomic E-state index is -3.52. The Hall–Kier alpha value is -0.960. The molecule has 0 aromatic carbocycles. The summed E-state index contributed by atoms with van der Waals surface area (Å²) in [6, 6.07) is 3.36. The van der Waals surface area contributed by atoms with E-state index in [0.717, 1.165) is 0 Å². The molecule has 2 aliphatic rings. The third kappa shape index (κ3) is 2.50. The first-order valence-electron chi connectivity index (χ1n) is 6.92. The maximum atomic E-state index is 12.8. The van der Waals surface area contributed by atoms with Gasteiger partial charge < -0.3 is 9.64 Å². The maximum Gasteiger partial charge on any atom is 0.255 e. The fourth-order valence-electron chi connectivity index (χ4n) is 3.02. The molecule has 21 heavy (non-hydrogen) atoms. The Bertz CT molecular complexity index is 619. The van der Waals surface area contributed by atoms with E-state index in [0.29, 0.717) is 43.3 Å². The first-order chi connectivity index (χ1) is 9.96. The van der Waals surface area contributed by atoms with Crippen molar-refractivity contribution in [1.82, 2.24) is 9.21 Å². The lowest BCUT2D eigenvalue weighted by Gasteiger charge is -2.42. The van der Waals surface area contributed by atoms with Crippen molar-refractivity contribution in [3.63, 3.8) is 0 Å². The molecule has 0 saturated carbocycles. The van der Waals surface area contributed by atoms with Gasteiger partial charge in [-0.15, -0.1) is 11.3 Å². The molecule has 1 amide bonds. The average Bonchev–Trinajstić information content (AvgIpc) is 3.09. The highest BCUT2D eigenvalue weighted by Crippen LogP contribution is 2.38. The number of carbonyl (C=O) groups is 1. The van der Waals surface area contributed by atoms with Crippen LogP contribution in [0.15, 0.2) is 21.7 Å². The Labute approximate surface area is 128 Å². The molecular formula is C13H18N2O4S2. The minimum absolute atomic E-state index is 0.0236. The van der Waals surface area contributed by atoms with E-state index in [9.17, 15) is 13.2 Å². The van der Waals surface area contributed by atoms with Crippen LogP contribution in [0.1, 0.15) is 19.8 Å². The van der Waals surface area contributed by atoms with Crippen molar-refractivity contribution in [2.75, 3.05) is 26.2 Å². The SMILES string of the molecule is CC(=O)N1CCC2(CC1)OCCN2S(=O)(=O)c1cccs1. The zero-order valence-corrected chi connectivity index (χ0v) is 13.5. The zero-order valence-electron chi connectivity index (χ0n) is 11.8. The molecule has 0 unspecified atom stereocenters. The van der Waals surface area contributed by atoms with Gasteiger partial charge in [0.25, 0.3) is 10.0 Å². The summed E-state index contributed by atoms with van der Waals surface area (Å²) in [4.78, 5) is 13.2. The van der Waals surface area contributed by atoms with Gasteiger partial charge >= 0.3 is 0 Å². The maximum absolute atomic E-state index is 12.8. The van der Waals surface area contributed by atoms with E-state index < -0.39 is 15.7 Å². The molecule has 1 aromatic rings. The van der Waals surface area contributed by atoms with Gasteiger partial charge in [-0.3, -0.25) is 4.79 Å². The largest absolute Gasteiger partial charge is 0.358 e. The van der Waals surface area contributed by atoms with Gasteiger partial charge in [0, 0.05) is 39.4 Å². The summed E-state index contributed by atoms with van der Waals surface area (Å²) in [6.07, 6.45) is 1.05. The highest BCUT2D eigenvalue weighted by atomic mass is 32.2. The van der Waals surface area contributed by atoms with Crippen LogP contribution in [0.5, 0.6) is 0 Å². The molecule has 6 nitrogen and oxygen atoms in total. The number of rotatable bonds is 2. The molecular weight excluding hydrogens is 312 g/mol. The van der Waals surface area contributed by atoms with Crippen molar-refractivity contribution in [1.29, 1.82) is 0 Å². The summed E-state index contributed by atoms with van der Waals surface area (Å²) >= 11 is 1.22. The van der Waals surface area contributed by atoms with Gasteiger partial charge in [0.1, 0.15) is 9.93 Å². The molecule has 8 heteroatoms. The number of hydrogen-bond donors (Lipinski definition) is 0. The number of piperidine rings is 1. The highest BCUT2D eigenvalue weighted by Gasteiger charge is 2.50. The van der Waals surface area contributed by atoms with Crippen LogP contribution in [0.3, 0.4) is 0 Å². The van der Waals surface area contributed by atoms with Crippen LogP contribution in [0.25, 0.3) is 0 Å². The van der Waals surface area contributed by atoms with E-state index in [1.54, 1.807) is 22.4 Å². The van der Waals surface area contributed by atoms with Gasteiger partial charge in [0.15, 0.2) is 0 Å². The molecule has 3 rings (SSSR count). The first kappa shape index (κ1) is 15.0. The summed E-state index contributed by atoms with van der Waals surface area (Å²) in [6.45, 7) is 3.39. The van der Waals surface area contributed by atoms with Gasteiger partial charge in [0.2, 0.25) is 5.91 Å². The van der Waals surface area contributed by atoms with Crippen LogP contribution >= 0.6 is 11.3 Å². The fourth-order valence-corrected chi connectivity index (χ4v) is 5.84. The lowest BCUT2D eigenvalue weighted by molar-refractivity contribution is -0.137. The fraction of sp³-hybridized carbons (Fsp3) is 0.615. The second-order valence-electron chi connectivity index (χ2n) is 5.31. The van der Waals surface area contributed by atoms with Crippen LogP contribution in [0.4, 0.5) is 0 Å². The number of ether oxygens (including phenoxy) is 1. The van der Waals surface area contributed by atoms with Crippen molar-refractivity contribution in [3.05, 3.63) is 17.5 Å². The number of nitrogens with zero attached hydrogens (tertiary/aromatic N) is 2. The molecule has 0 aliphatic carbocycles. The van der Waals surface area contributed by atoms with Crippen LogP contribution in [0, 0.1) is 0 Å². The summed E-state index contributed by atoms with van der Waals surface area (Å²) in [7, 11) is -3.52. The normalized spacial score (nSPS) is 22.8. The van der Waals surface area contributed by atoms with Gasteiger partial charge in [-0.2, -0.15) is 4.31 Å². The van der Waals surface area contributed by atoms with Crippen LogP contribution in [0.2, 0.25) is 0 Å². The molecule has 1 spiro atoms. The highest BCUT2D eigenvalue weighted by molar-refractivity contribution is 7.91. The molecule has 0 N–H and O–H groups in total. The third-order valence-electron chi connectivity index (χ3n) is 4.15. The number of amides is 1. The Morgan fingerprint density at radius 1 is 1.33 bits per heavy atom. The van der Waals surface area contributed by atoms with Crippen molar-refractivity contribution in [2.45, 2.75) is 29.7 Å². The van der Waals surface area contributed by atoms with E-state index in [-0.39, 0.29) is 5.91 Å². The van der Waals surface area contributed by atoms with Crippen LogP contribution in [-0.4, -0.2) is 55.5 Å². The quantitative estimate of drug-likeness (QED) is 0.815. The van der Waals surface area contributed by atoms with E-state index in [2.05, 4.69) is 0 Å². The molecule has 0 bridgehead atoms.